The first-order valence-electron chi connectivity index (χ1n) is 4.25. The molecule has 0 amide bonds. The summed E-state index contributed by atoms with van der Waals surface area (Å²) in [4.78, 5) is 0. The highest BCUT2D eigenvalue weighted by molar-refractivity contribution is 9.10. The van der Waals surface area contributed by atoms with Gasteiger partial charge in [0.25, 0.3) is 0 Å². The SMILES string of the molecule is CCC(O)Cc1cc(Br)ccc1F. The Hall–Kier alpha value is -0.410. The average molecular weight is 247 g/mol. The molecule has 0 aliphatic carbocycles. The molecule has 0 aliphatic heterocycles. The first-order chi connectivity index (χ1) is 6.13. The van der Waals surface area contributed by atoms with Crippen LogP contribution in [0.3, 0.4) is 0 Å². The zero-order chi connectivity index (χ0) is 9.84. The van der Waals surface area contributed by atoms with Gasteiger partial charge in [-0.1, -0.05) is 22.9 Å². The average Bonchev–Trinajstić information content (AvgIpc) is 2.11. The Bertz CT molecular complexity index is 288. The molecule has 13 heavy (non-hydrogen) atoms. The molecule has 0 spiro atoms. The van der Waals surface area contributed by atoms with Crippen LogP contribution in [0.15, 0.2) is 22.7 Å². The monoisotopic (exact) mass is 246 g/mol. The van der Waals surface area contributed by atoms with Crippen molar-refractivity contribution >= 4 is 15.9 Å². The van der Waals surface area contributed by atoms with Gasteiger partial charge < -0.3 is 5.11 Å². The van der Waals surface area contributed by atoms with E-state index in [0.29, 0.717) is 18.4 Å². The van der Waals surface area contributed by atoms with E-state index in [9.17, 15) is 9.50 Å². The fraction of sp³-hybridized carbons (Fsp3) is 0.400. The van der Waals surface area contributed by atoms with Crippen LogP contribution in [0, 0.1) is 5.82 Å². The minimum Gasteiger partial charge on any atom is -0.393 e. The summed E-state index contributed by atoms with van der Waals surface area (Å²) in [6.45, 7) is 1.88. The molecule has 0 saturated heterocycles. The van der Waals surface area contributed by atoms with E-state index >= 15 is 0 Å². The second kappa shape index (κ2) is 4.72. The standard InChI is InChI=1S/C10H12BrFO/c1-2-9(13)6-7-5-8(11)3-4-10(7)12/h3-5,9,13H,2,6H2,1H3. The number of hydrogen-bond acceptors (Lipinski definition) is 1. The number of benzene rings is 1. The van der Waals surface area contributed by atoms with Crippen molar-refractivity contribution in [2.75, 3.05) is 0 Å². The van der Waals surface area contributed by atoms with Crippen molar-refractivity contribution in [3.63, 3.8) is 0 Å². The molecule has 1 aromatic carbocycles. The van der Waals surface area contributed by atoms with Gasteiger partial charge in [0.15, 0.2) is 0 Å². The van der Waals surface area contributed by atoms with Crippen molar-refractivity contribution in [2.45, 2.75) is 25.9 Å². The molecule has 1 N–H and O–H groups in total. The third kappa shape index (κ3) is 3.08. The van der Waals surface area contributed by atoms with Gasteiger partial charge in [-0.25, -0.2) is 4.39 Å². The van der Waals surface area contributed by atoms with Crippen LogP contribution in [0.2, 0.25) is 0 Å². The van der Waals surface area contributed by atoms with E-state index in [0.717, 1.165) is 4.47 Å². The van der Waals surface area contributed by atoms with E-state index in [2.05, 4.69) is 15.9 Å². The molecule has 3 heteroatoms. The zero-order valence-electron chi connectivity index (χ0n) is 7.43. The highest BCUT2D eigenvalue weighted by Crippen LogP contribution is 2.17. The molecular formula is C10H12BrFO. The van der Waals surface area contributed by atoms with Crippen molar-refractivity contribution in [3.8, 4) is 0 Å². The van der Waals surface area contributed by atoms with Gasteiger partial charge in [0, 0.05) is 10.9 Å². The summed E-state index contributed by atoms with van der Waals surface area (Å²) in [6, 6.07) is 4.76. The predicted molar refractivity (Wildman–Crippen MR) is 54.1 cm³/mol. The third-order valence-electron chi connectivity index (χ3n) is 1.93. The summed E-state index contributed by atoms with van der Waals surface area (Å²) in [5.74, 6) is -0.254. The Kier molecular flexibility index (Phi) is 3.88. The van der Waals surface area contributed by atoms with Gasteiger partial charge in [0.1, 0.15) is 5.82 Å². The normalized spacial score (nSPS) is 12.9. The highest BCUT2D eigenvalue weighted by atomic mass is 79.9. The lowest BCUT2D eigenvalue weighted by Gasteiger charge is -2.08. The summed E-state index contributed by atoms with van der Waals surface area (Å²) >= 11 is 3.26. The Morgan fingerprint density at radius 3 is 2.85 bits per heavy atom. The fourth-order valence-corrected chi connectivity index (χ4v) is 1.51. The van der Waals surface area contributed by atoms with E-state index < -0.39 is 6.10 Å². The van der Waals surface area contributed by atoms with Crippen LogP contribution in [0.1, 0.15) is 18.9 Å². The van der Waals surface area contributed by atoms with Crippen molar-refractivity contribution in [1.82, 2.24) is 0 Å². The van der Waals surface area contributed by atoms with E-state index in [1.54, 1.807) is 12.1 Å². The maximum Gasteiger partial charge on any atom is 0.126 e. The molecule has 0 saturated carbocycles. The molecule has 1 nitrogen and oxygen atoms in total. The molecule has 0 aliphatic rings. The van der Waals surface area contributed by atoms with E-state index in [1.807, 2.05) is 6.92 Å². The first kappa shape index (κ1) is 10.7. The number of rotatable bonds is 3. The van der Waals surface area contributed by atoms with Crippen molar-refractivity contribution < 1.29 is 9.50 Å². The van der Waals surface area contributed by atoms with E-state index in [1.165, 1.54) is 6.07 Å². The number of aliphatic hydroxyl groups is 1. The molecule has 72 valence electrons. The fourth-order valence-electron chi connectivity index (χ4n) is 1.10. The Balaban J connectivity index is 2.81. The first-order valence-corrected chi connectivity index (χ1v) is 5.04. The van der Waals surface area contributed by atoms with Crippen LogP contribution in [0.25, 0.3) is 0 Å². The Labute approximate surface area is 85.7 Å². The van der Waals surface area contributed by atoms with Crippen LogP contribution in [0.5, 0.6) is 0 Å². The van der Waals surface area contributed by atoms with Gasteiger partial charge in [-0.15, -0.1) is 0 Å². The highest BCUT2D eigenvalue weighted by Gasteiger charge is 2.07. The number of hydrogen-bond donors (Lipinski definition) is 1. The van der Waals surface area contributed by atoms with Crippen LogP contribution in [-0.2, 0) is 6.42 Å². The van der Waals surface area contributed by atoms with Crippen LogP contribution in [-0.4, -0.2) is 11.2 Å². The van der Waals surface area contributed by atoms with Gasteiger partial charge in [-0.2, -0.15) is 0 Å². The van der Waals surface area contributed by atoms with Gasteiger partial charge in [0.2, 0.25) is 0 Å². The third-order valence-corrected chi connectivity index (χ3v) is 2.43. The van der Waals surface area contributed by atoms with Crippen molar-refractivity contribution in [3.05, 3.63) is 34.1 Å². The molecule has 1 rings (SSSR count). The van der Waals surface area contributed by atoms with Crippen molar-refractivity contribution in [2.24, 2.45) is 0 Å². The second-order valence-electron chi connectivity index (χ2n) is 3.00. The molecule has 1 atom stereocenters. The maximum atomic E-state index is 13.1. The minimum atomic E-state index is -0.455. The molecule has 1 aromatic rings. The molecule has 0 radical (unpaired) electrons. The summed E-state index contributed by atoms with van der Waals surface area (Å²) in [5.41, 5.74) is 0.559. The maximum absolute atomic E-state index is 13.1. The molecule has 1 unspecified atom stereocenters. The predicted octanol–water partition coefficient (Wildman–Crippen LogP) is 2.90. The Morgan fingerprint density at radius 1 is 1.54 bits per heavy atom. The molecular weight excluding hydrogens is 235 g/mol. The number of aliphatic hydroxyl groups excluding tert-OH is 1. The lowest BCUT2D eigenvalue weighted by molar-refractivity contribution is 0.169. The van der Waals surface area contributed by atoms with Crippen LogP contribution < -0.4 is 0 Å². The molecule has 0 aromatic heterocycles. The zero-order valence-corrected chi connectivity index (χ0v) is 9.01. The van der Waals surface area contributed by atoms with Gasteiger partial charge in [-0.05, 0) is 30.2 Å². The number of halogens is 2. The van der Waals surface area contributed by atoms with Gasteiger partial charge in [0.05, 0.1) is 6.10 Å². The molecule has 0 heterocycles. The second-order valence-corrected chi connectivity index (χ2v) is 3.92. The van der Waals surface area contributed by atoms with Crippen LogP contribution in [0.4, 0.5) is 4.39 Å². The topological polar surface area (TPSA) is 20.2 Å². The van der Waals surface area contributed by atoms with Crippen molar-refractivity contribution in [1.29, 1.82) is 0 Å². The largest absolute Gasteiger partial charge is 0.393 e. The van der Waals surface area contributed by atoms with E-state index in [-0.39, 0.29) is 5.82 Å². The van der Waals surface area contributed by atoms with Gasteiger partial charge >= 0.3 is 0 Å². The Morgan fingerprint density at radius 2 is 2.23 bits per heavy atom. The molecule has 0 fully saturated rings. The molecule has 0 bridgehead atoms. The summed E-state index contributed by atoms with van der Waals surface area (Å²) in [7, 11) is 0. The van der Waals surface area contributed by atoms with E-state index in [4.69, 9.17) is 0 Å². The van der Waals surface area contributed by atoms with Gasteiger partial charge in [-0.3, -0.25) is 0 Å². The summed E-state index contributed by atoms with van der Waals surface area (Å²) in [6.07, 6.45) is 0.567. The summed E-state index contributed by atoms with van der Waals surface area (Å²) in [5, 5.41) is 9.34. The minimum absolute atomic E-state index is 0.254. The smallest absolute Gasteiger partial charge is 0.126 e. The lowest BCUT2D eigenvalue weighted by Crippen LogP contribution is -2.09. The summed E-state index contributed by atoms with van der Waals surface area (Å²) < 4.78 is 14.0. The quantitative estimate of drug-likeness (QED) is 0.870. The lowest BCUT2D eigenvalue weighted by atomic mass is 10.1. The van der Waals surface area contributed by atoms with Crippen LogP contribution >= 0.6 is 15.9 Å².